The summed E-state index contributed by atoms with van der Waals surface area (Å²) in [5, 5.41) is 7.90. The highest BCUT2D eigenvalue weighted by atomic mass is 15.2. The number of nitrogens with one attached hydrogen (secondary N) is 1. The summed E-state index contributed by atoms with van der Waals surface area (Å²) in [7, 11) is 4.16. The molecule has 1 aromatic heterocycles. The summed E-state index contributed by atoms with van der Waals surface area (Å²) < 4.78 is 1.86. The van der Waals surface area contributed by atoms with Gasteiger partial charge in [0.05, 0.1) is 6.20 Å². The quantitative estimate of drug-likeness (QED) is 0.833. The first-order valence-electron chi connectivity index (χ1n) is 6.08. The van der Waals surface area contributed by atoms with E-state index >= 15 is 0 Å². The second-order valence-corrected chi connectivity index (χ2v) is 4.91. The lowest BCUT2D eigenvalue weighted by molar-refractivity contribution is 0.226. The van der Waals surface area contributed by atoms with Crippen molar-refractivity contribution in [3.63, 3.8) is 0 Å². The van der Waals surface area contributed by atoms with Gasteiger partial charge in [-0.05, 0) is 39.9 Å². The molecule has 1 aliphatic rings. The molecule has 0 saturated carbocycles. The number of aryl methyl sites for hydroxylation is 1. The van der Waals surface area contributed by atoms with Crippen LogP contribution in [0, 0.1) is 0 Å². The van der Waals surface area contributed by atoms with Crippen LogP contribution in [0.3, 0.4) is 0 Å². The molecular weight excluding hydrogens is 200 g/mol. The van der Waals surface area contributed by atoms with Gasteiger partial charge < -0.3 is 10.2 Å². The van der Waals surface area contributed by atoms with E-state index in [2.05, 4.69) is 35.5 Å². The molecule has 1 aliphatic heterocycles. The Morgan fingerprint density at radius 1 is 1.38 bits per heavy atom. The zero-order valence-corrected chi connectivity index (χ0v) is 10.5. The zero-order chi connectivity index (χ0) is 11.5. The van der Waals surface area contributed by atoms with Gasteiger partial charge in [-0.1, -0.05) is 0 Å². The molecule has 0 aromatic carbocycles. The van der Waals surface area contributed by atoms with Gasteiger partial charge in [0.25, 0.3) is 0 Å². The minimum Gasteiger partial charge on any atom is -0.307 e. The van der Waals surface area contributed by atoms with Crippen LogP contribution < -0.4 is 5.32 Å². The van der Waals surface area contributed by atoms with Crippen LogP contribution in [0.1, 0.15) is 31.4 Å². The fraction of sp³-hybridized carbons (Fsp3) is 0.750. The summed E-state index contributed by atoms with van der Waals surface area (Å²) in [6, 6.07) is 1.06. The summed E-state index contributed by atoms with van der Waals surface area (Å²) in [5.41, 5.74) is 1.28. The standard InChI is InChI=1S/C12H22N4/c1-10(11-8-13-16(3)9-11)14-12-4-6-15(2)7-5-12/h8-10,12,14H,4-7H2,1-3H3. The van der Waals surface area contributed by atoms with E-state index in [1.165, 1.54) is 31.5 Å². The van der Waals surface area contributed by atoms with E-state index in [-0.39, 0.29) is 0 Å². The molecule has 1 N–H and O–H groups in total. The van der Waals surface area contributed by atoms with Crippen LogP contribution in [0.4, 0.5) is 0 Å². The number of rotatable bonds is 3. The van der Waals surface area contributed by atoms with Crippen LogP contribution in [0.15, 0.2) is 12.4 Å². The smallest absolute Gasteiger partial charge is 0.0537 e. The maximum atomic E-state index is 4.21. The zero-order valence-electron chi connectivity index (χ0n) is 10.5. The van der Waals surface area contributed by atoms with Crippen LogP contribution in [0.2, 0.25) is 0 Å². The average molecular weight is 222 g/mol. The molecule has 2 heterocycles. The Morgan fingerprint density at radius 3 is 2.62 bits per heavy atom. The van der Waals surface area contributed by atoms with E-state index in [4.69, 9.17) is 0 Å². The van der Waals surface area contributed by atoms with Gasteiger partial charge in [0.15, 0.2) is 0 Å². The summed E-state index contributed by atoms with van der Waals surface area (Å²) in [4.78, 5) is 2.40. The third-order valence-electron chi connectivity index (χ3n) is 3.43. The fourth-order valence-corrected chi connectivity index (χ4v) is 2.29. The monoisotopic (exact) mass is 222 g/mol. The van der Waals surface area contributed by atoms with Crippen LogP contribution in [-0.4, -0.2) is 40.9 Å². The van der Waals surface area contributed by atoms with Crippen molar-refractivity contribution in [2.75, 3.05) is 20.1 Å². The van der Waals surface area contributed by atoms with Gasteiger partial charge in [0.1, 0.15) is 0 Å². The molecule has 4 nitrogen and oxygen atoms in total. The second kappa shape index (κ2) is 4.97. The fourth-order valence-electron chi connectivity index (χ4n) is 2.29. The minimum absolute atomic E-state index is 0.405. The summed E-state index contributed by atoms with van der Waals surface area (Å²) in [5.74, 6) is 0. The van der Waals surface area contributed by atoms with Gasteiger partial charge in [-0.2, -0.15) is 5.10 Å². The van der Waals surface area contributed by atoms with Gasteiger partial charge in [0.2, 0.25) is 0 Å². The van der Waals surface area contributed by atoms with E-state index in [1.54, 1.807) is 0 Å². The topological polar surface area (TPSA) is 33.1 Å². The molecule has 0 radical (unpaired) electrons. The molecule has 90 valence electrons. The molecule has 1 atom stereocenters. The van der Waals surface area contributed by atoms with E-state index in [1.807, 2.05) is 17.9 Å². The Hall–Kier alpha value is -0.870. The molecule has 0 aliphatic carbocycles. The largest absolute Gasteiger partial charge is 0.307 e. The second-order valence-electron chi connectivity index (χ2n) is 4.91. The minimum atomic E-state index is 0.405. The lowest BCUT2D eigenvalue weighted by Gasteiger charge is -2.31. The molecule has 4 heteroatoms. The molecule has 1 aromatic rings. The molecule has 1 saturated heterocycles. The number of piperidine rings is 1. The Balaban J connectivity index is 1.85. The maximum absolute atomic E-state index is 4.21. The summed E-state index contributed by atoms with van der Waals surface area (Å²) >= 11 is 0. The molecule has 1 unspecified atom stereocenters. The van der Waals surface area contributed by atoms with Crippen molar-refractivity contribution in [1.82, 2.24) is 20.0 Å². The molecule has 2 rings (SSSR count). The lowest BCUT2D eigenvalue weighted by Crippen LogP contribution is -2.41. The van der Waals surface area contributed by atoms with E-state index in [9.17, 15) is 0 Å². The van der Waals surface area contributed by atoms with Gasteiger partial charge in [0, 0.05) is 30.9 Å². The summed E-state index contributed by atoms with van der Waals surface area (Å²) in [6.07, 6.45) is 6.54. The SMILES string of the molecule is CC(NC1CCN(C)CC1)c1cnn(C)c1. The van der Waals surface area contributed by atoms with Crippen molar-refractivity contribution in [1.29, 1.82) is 0 Å². The van der Waals surface area contributed by atoms with Crippen molar-refractivity contribution in [3.05, 3.63) is 18.0 Å². The Bertz CT molecular complexity index is 326. The number of nitrogens with zero attached hydrogens (tertiary/aromatic N) is 3. The van der Waals surface area contributed by atoms with Crippen LogP contribution in [0.25, 0.3) is 0 Å². The number of likely N-dealkylation sites (tertiary alicyclic amines) is 1. The van der Waals surface area contributed by atoms with Crippen LogP contribution in [0.5, 0.6) is 0 Å². The van der Waals surface area contributed by atoms with Crippen molar-refractivity contribution in [2.24, 2.45) is 7.05 Å². The third-order valence-corrected chi connectivity index (χ3v) is 3.43. The van der Waals surface area contributed by atoms with Gasteiger partial charge in [-0.3, -0.25) is 4.68 Å². The predicted octanol–water partition coefficient (Wildman–Crippen LogP) is 1.16. The Labute approximate surface area is 97.6 Å². The highest BCUT2D eigenvalue weighted by Gasteiger charge is 2.19. The molecule has 0 amide bonds. The third kappa shape index (κ3) is 2.83. The van der Waals surface area contributed by atoms with Crippen molar-refractivity contribution in [2.45, 2.75) is 31.8 Å². The normalized spacial score (nSPS) is 21.2. The van der Waals surface area contributed by atoms with E-state index in [0.29, 0.717) is 12.1 Å². The number of aromatic nitrogens is 2. The molecule has 0 spiro atoms. The van der Waals surface area contributed by atoms with E-state index < -0.39 is 0 Å². The Kier molecular flexibility index (Phi) is 3.61. The number of hydrogen-bond donors (Lipinski definition) is 1. The maximum Gasteiger partial charge on any atom is 0.0537 e. The average Bonchev–Trinajstić information content (AvgIpc) is 2.68. The molecular formula is C12H22N4. The van der Waals surface area contributed by atoms with Crippen molar-refractivity contribution >= 4 is 0 Å². The Morgan fingerprint density at radius 2 is 2.06 bits per heavy atom. The van der Waals surface area contributed by atoms with E-state index in [0.717, 1.165) is 0 Å². The van der Waals surface area contributed by atoms with Crippen LogP contribution >= 0.6 is 0 Å². The number of hydrogen-bond acceptors (Lipinski definition) is 3. The van der Waals surface area contributed by atoms with Gasteiger partial charge in [-0.15, -0.1) is 0 Å². The molecule has 0 bridgehead atoms. The predicted molar refractivity (Wildman–Crippen MR) is 65.3 cm³/mol. The summed E-state index contributed by atoms with van der Waals surface area (Å²) in [6.45, 7) is 4.63. The van der Waals surface area contributed by atoms with Crippen molar-refractivity contribution in [3.8, 4) is 0 Å². The highest BCUT2D eigenvalue weighted by molar-refractivity contribution is 5.09. The molecule has 16 heavy (non-hydrogen) atoms. The first kappa shape index (κ1) is 11.6. The first-order chi connectivity index (χ1) is 7.65. The first-order valence-corrected chi connectivity index (χ1v) is 6.08. The molecule has 1 fully saturated rings. The highest BCUT2D eigenvalue weighted by Crippen LogP contribution is 2.15. The van der Waals surface area contributed by atoms with Crippen molar-refractivity contribution < 1.29 is 0 Å². The van der Waals surface area contributed by atoms with Gasteiger partial charge >= 0.3 is 0 Å². The van der Waals surface area contributed by atoms with Crippen LogP contribution in [-0.2, 0) is 7.05 Å². The lowest BCUT2D eigenvalue weighted by atomic mass is 10.0. The van der Waals surface area contributed by atoms with Gasteiger partial charge in [-0.25, -0.2) is 0 Å².